The van der Waals surface area contributed by atoms with Crippen LogP contribution in [0.15, 0.2) is 66.7 Å². The number of esters is 1. The fourth-order valence-electron chi connectivity index (χ4n) is 3.05. The van der Waals surface area contributed by atoms with E-state index in [1.807, 2.05) is 0 Å². The first kappa shape index (κ1) is 24.4. The summed E-state index contributed by atoms with van der Waals surface area (Å²) in [5, 5.41) is 13.6. The zero-order valence-electron chi connectivity index (χ0n) is 17.9. The molecule has 3 rings (SSSR count). The van der Waals surface area contributed by atoms with Crippen LogP contribution in [0.3, 0.4) is 0 Å². The number of nitro groups is 1. The number of ketones is 1. The summed E-state index contributed by atoms with van der Waals surface area (Å²) in [6, 6.07) is 16.5. The van der Waals surface area contributed by atoms with E-state index in [1.54, 1.807) is 24.3 Å². The van der Waals surface area contributed by atoms with Crippen molar-refractivity contribution in [3.8, 4) is 5.75 Å². The van der Waals surface area contributed by atoms with E-state index >= 15 is 0 Å². The van der Waals surface area contributed by atoms with Crippen molar-refractivity contribution < 1.29 is 28.8 Å². The van der Waals surface area contributed by atoms with Gasteiger partial charge in [-0.2, -0.15) is 0 Å². The molecule has 0 bridgehead atoms. The van der Waals surface area contributed by atoms with Crippen LogP contribution in [0, 0.1) is 10.1 Å². The van der Waals surface area contributed by atoms with Crippen molar-refractivity contribution in [1.29, 1.82) is 0 Å². The highest BCUT2D eigenvalue weighted by Gasteiger charge is 2.22. The summed E-state index contributed by atoms with van der Waals surface area (Å²) in [4.78, 5) is 48.1. The number of halogens is 1. The van der Waals surface area contributed by atoms with Crippen molar-refractivity contribution in [3.63, 3.8) is 0 Å². The van der Waals surface area contributed by atoms with E-state index < -0.39 is 34.9 Å². The maximum atomic E-state index is 12.9. The molecule has 174 valence electrons. The number of ether oxygens (including phenoxy) is 2. The van der Waals surface area contributed by atoms with Crippen LogP contribution in [-0.2, 0) is 16.1 Å². The van der Waals surface area contributed by atoms with Gasteiger partial charge in [0.1, 0.15) is 10.8 Å². The van der Waals surface area contributed by atoms with Crippen LogP contribution in [0.25, 0.3) is 0 Å². The number of rotatable bonds is 9. The zero-order valence-corrected chi connectivity index (χ0v) is 18.7. The van der Waals surface area contributed by atoms with Crippen molar-refractivity contribution >= 4 is 34.9 Å². The van der Waals surface area contributed by atoms with Crippen LogP contribution in [0.1, 0.15) is 31.8 Å². The van der Waals surface area contributed by atoms with Crippen molar-refractivity contribution in [2.45, 2.75) is 6.54 Å². The standard InChI is InChI=1S/C24H19ClN2O7/c1-33-17-6-4-5-15(11-17)13-26-22(28)14-34-24(30)19-8-3-2-7-18(19)23(29)16-9-10-20(25)21(12-16)27(31)32/h2-12H,13-14H2,1H3,(H,26,28). The number of methoxy groups -OCH3 is 1. The van der Waals surface area contributed by atoms with Gasteiger partial charge in [0.15, 0.2) is 12.4 Å². The number of benzene rings is 3. The molecule has 3 aromatic carbocycles. The third-order valence-corrected chi connectivity index (χ3v) is 5.07. The van der Waals surface area contributed by atoms with Gasteiger partial charge in [-0.3, -0.25) is 19.7 Å². The molecule has 1 amide bonds. The Morgan fingerprint density at radius 3 is 2.44 bits per heavy atom. The average molecular weight is 483 g/mol. The Kier molecular flexibility index (Phi) is 7.94. The molecule has 0 radical (unpaired) electrons. The van der Waals surface area contributed by atoms with Gasteiger partial charge in [-0.1, -0.05) is 41.9 Å². The number of nitrogens with one attached hydrogen (secondary N) is 1. The number of nitrogens with zero attached hydrogens (tertiary/aromatic N) is 1. The summed E-state index contributed by atoms with van der Waals surface area (Å²) in [6.07, 6.45) is 0. The first-order valence-electron chi connectivity index (χ1n) is 9.94. The normalized spacial score (nSPS) is 10.3. The predicted molar refractivity (Wildman–Crippen MR) is 123 cm³/mol. The third kappa shape index (κ3) is 5.96. The minimum atomic E-state index is -0.885. The fraction of sp³-hybridized carbons (Fsp3) is 0.125. The molecule has 0 fully saturated rings. The van der Waals surface area contributed by atoms with E-state index in [2.05, 4.69) is 5.32 Å². The fourth-order valence-corrected chi connectivity index (χ4v) is 3.24. The first-order valence-corrected chi connectivity index (χ1v) is 10.3. The van der Waals surface area contributed by atoms with Gasteiger partial charge in [-0.25, -0.2) is 4.79 Å². The van der Waals surface area contributed by atoms with E-state index in [9.17, 15) is 24.5 Å². The highest BCUT2D eigenvalue weighted by Crippen LogP contribution is 2.27. The molecule has 0 atom stereocenters. The van der Waals surface area contributed by atoms with Crippen LogP contribution in [0.5, 0.6) is 5.75 Å². The summed E-state index contributed by atoms with van der Waals surface area (Å²) in [7, 11) is 1.54. The lowest BCUT2D eigenvalue weighted by molar-refractivity contribution is -0.384. The number of nitro benzene ring substituents is 1. The molecular weight excluding hydrogens is 464 g/mol. The molecule has 0 aliphatic carbocycles. The van der Waals surface area contributed by atoms with Crippen molar-refractivity contribution in [2.24, 2.45) is 0 Å². The van der Waals surface area contributed by atoms with E-state index in [0.29, 0.717) is 5.75 Å². The molecule has 1 N–H and O–H groups in total. The molecule has 0 heterocycles. The SMILES string of the molecule is COc1cccc(CNC(=O)COC(=O)c2ccccc2C(=O)c2ccc(Cl)c([N+](=O)[O-])c2)c1. The van der Waals surface area contributed by atoms with Gasteiger partial charge in [0.05, 0.1) is 17.6 Å². The highest BCUT2D eigenvalue weighted by atomic mass is 35.5. The van der Waals surface area contributed by atoms with Gasteiger partial charge >= 0.3 is 5.97 Å². The summed E-state index contributed by atoms with van der Waals surface area (Å²) < 4.78 is 10.2. The second-order valence-electron chi connectivity index (χ2n) is 7.00. The Labute approximate surface area is 199 Å². The highest BCUT2D eigenvalue weighted by molar-refractivity contribution is 6.33. The number of hydrogen-bond donors (Lipinski definition) is 1. The topological polar surface area (TPSA) is 125 Å². The van der Waals surface area contributed by atoms with Crippen LogP contribution >= 0.6 is 11.6 Å². The second-order valence-corrected chi connectivity index (χ2v) is 7.41. The quantitative estimate of drug-likeness (QED) is 0.212. The van der Waals surface area contributed by atoms with Crippen LogP contribution in [0.4, 0.5) is 5.69 Å². The Bertz CT molecular complexity index is 1260. The van der Waals surface area contributed by atoms with Gasteiger partial charge in [-0.15, -0.1) is 0 Å². The molecule has 10 heteroatoms. The minimum absolute atomic E-state index is 0.0209. The van der Waals surface area contributed by atoms with Crippen molar-refractivity contribution in [3.05, 3.63) is 104 Å². The van der Waals surface area contributed by atoms with Crippen LogP contribution in [-0.4, -0.2) is 36.3 Å². The van der Waals surface area contributed by atoms with Gasteiger partial charge in [-0.05, 0) is 35.9 Å². The van der Waals surface area contributed by atoms with Gasteiger partial charge in [0.2, 0.25) is 0 Å². The largest absolute Gasteiger partial charge is 0.497 e. The summed E-state index contributed by atoms with van der Waals surface area (Å²) >= 11 is 5.80. The maximum Gasteiger partial charge on any atom is 0.339 e. The molecule has 0 aliphatic rings. The third-order valence-electron chi connectivity index (χ3n) is 4.75. The number of carbonyl (C=O) groups excluding carboxylic acids is 3. The predicted octanol–water partition coefficient (Wildman–Crippen LogP) is 3.96. The summed E-state index contributed by atoms with van der Waals surface area (Å²) in [5.74, 6) is -1.41. The molecule has 9 nitrogen and oxygen atoms in total. The van der Waals surface area contributed by atoms with Crippen LogP contribution < -0.4 is 10.1 Å². The van der Waals surface area contributed by atoms with Gasteiger partial charge < -0.3 is 14.8 Å². The molecule has 0 saturated carbocycles. The lowest BCUT2D eigenvalue weighted by atomic mass is 9.98. The first-order chi connectivity index (χ1) is 16.3. The Hall–Kier alpha value is -4.24. The zero-order chi connectivity index (χ0) is 24.7. The molecule has 0 unspecified atom stereocenters. The Balaban J connectivity index is 1.67. The van der Waals surface area contributed by atoms with E-state index in [-0.39, 0.29) is 28.3 Å². The van der Waals surface area contributed by atoms with E-state index in [1.165, 1.54) is 43.5 Å². The van der Waals surface area contributed by atoms with Crippen molar-refractivity contribution in [2.75, 3.05) is 13.7 Å². The summed E-state index contributed by atoms with van der Waals surface area (Å²) in [5.41, 5.74) is 0.242. The molecule has 34 heavy (non-hydrogen) atoms. The number of hydrogen-bond acceptors (Lipinski definition) is 7. The summed E-state index contributed by atoms with van der Waals surface area (Å²) in [6.45, 7) is -0.351. The molecular formula is C24H19ClN2O7. The monoisotopic (exact) mass is 482 g/mol. The smallest absolute Gasteiger partial charge is 0.339 e. The second kappa shape index (κ2) is 11.1. The Morgan fingerprint density at radius 1 is 1.00 bits per heavy atom. The molecule has 0 aliphatic heterocycles. The van der Waals surface area contributed by atoms with Crippen molar-refractivity contribution in [1.82, 2.24) is 5.32 Å². The maximum absolute atomic E-state index is 12.9. The van der Waals surface area contributed by atoms with Crippen LogP contribution in [0.2, 0.25) is 5.02 Å². The lowest BCUT2D eigenvalue weighted by Crippen LogP contribution is -2.28. The minimum Gasteiger partial charge on any atom is -0.497 e. The van der Waals surface area contributed by atoms with Gasteiger partial charge in [0, 0.05) is 23.7 Å². The van der Waals surface area contributed by atoms with Gasteiger partial charge in [0.25, 0.3) is 11.6 Å². The molecule has 0 spiro atoms. The Morgan fingerprint density at radius 2 is 1.74 bits per heavy atom. The molecule has 0 saturated heterocycles. The van der Waals surface area contributed by atoms with E-state index in [4.69, 9.17) is 21.1 Å². The van der Waals surface area contributed by atoms with E-state index in [0.717, 1.165) is 11.6 Å². The molecule has 3 aromatic rings. The lowest BCUT2D eigenvalue weighted by Gasteiger charge is -2.10. The average Bonchev–Trinajstić information content (AvgIpc) is 2.85. The number of carbonyl (C=O) groups is 3. The molecule has 0 aromatic heterocycles. The number of amides is 1.